The highest BCUT2D eigenvalue weighted by molar-refractivity contribution is 5.85. The maximum absolute atomic E-state index is 12.3. The van der Waals surface area contributed by atoms with Crippen LogP contribution in [-0.2, 0) is 4.79 Å². The second-order valence-corrected chi connectivity index (χ2v) is 7.06. The van der Waals surface area contributed by atoms with Gasteiger partial charge in [0.25, 0.3) is 0 Å². The summed E-state index contributed by atoms with van der Waals surface area (Å²) in [5.74, 6) is 1.62. The predicted octanol–water partition coefficient (Wildman–Crippen LogP) is 2.44. The van der Waals surface area contributed by atoms with Crippen LogP contribution in [0.2, 0.25) is 0 Å². The number of halogens is 2. The van der Waals surface area contributed by atoms with E-state index in [1.165, 1.54) is 19.3 Å². The molecule has 0 aromatic rings. The first kappa shape index (κ1) is 22.0. The number of nitrogens with two attached hydrogens (primary N) is 1. The maximum atomic E-state index is 12.3. The van der Waals surface area contributed by atoms with Crippen molar-refractivity contribution in [1.82, 2.24) is 10.2 Å². The van der Waals surface area contributed by atoms with E-state index in [2.05, 4.69) is 31.1 Å². The Morgan fingerprint density at radius 2 is 1.77 bits per heavy atom. The molecule has 0 heterocycles. The highest BCUT2D eigenvalue weighted by Gasteiger charge is 2.40. The predicted molar refractivity (Wildman–Crippen MR) is 96.8 cm³/mol. The molecule has 0 aromatic heterocycles. The van der Waals surface area contributed by atoms with Crippen LogP contribution in [0.1, 0.15) is 46.0 Å². The van der Waals surface area contributed by atoms with E-state index >= 15 is 0 Å². The minimum atomic E-state index is 0. The fourth-order valence-corrected chi connectivity index (χ4v) is 3.76. The molecule has 1 amide bonds. The average molecular weight is 354 g/mol. The van der Waals surface area contributed by atoms with Gasteiger partial charge in [0.2, 0.25) is 5.91 Å². The van der Waals surface area contributed by atoms with Crippen molar-refractivity contribution in [2.24, 2.45) is 23.5 Å². The van der Waals surface area contributed by atoms with Gasteiger partial charge in [-0.25, -0.2) is 0 Å². The third kappa shape index (κ3) is 5.55. The molecule has 2 saturated carbocycles. The van der Waals surface area contributed by atoms with Crippen molar-refractivity contribution < 1.29 is 4.79 Å². The smallest absolute Gasteiger partial charge is 0.223 e. The highest BCUT2D eigenvalue weighted by atomic mass is 35.5. The molecule has 2 bridgehead atoms. The molecule has 2 rings (SSSR count). The molecule has 2 fully saturated rings. The van der Waals surface area contributed by atoms with Crippen molar-refractivity contribution >= 4 is 30.7 Å². The molecule has 0 spiro atoms. The summed E-state index contributed by atoms with van der Waals surface area (Å²) in [4.78, 5) is 14.6. The number of amides is 1. The molecule has 22 heavy (non-hydrogen) atoms. The Labute approximate surface area is 147 Å². The van der Waals surface area contributed by atoms with Crippen LogP contribution in [0.3, 0.4) is 0 Å². The monoisotopic (exact) mass is 353 g/mol. The lowest BCUT2D eigenvalue weighted by Gasteiger charge is -2.43. The zero-order valence-corrected chi connectivity index (χ0v) is 15.7. The minimum absolute atomic E-state index is 0. The largest absolute Gasteiger partial charge is 0.355 e. The minimum Gasteiger partial charge on any atom is -0.355 e. The van der Waals surface area contributed by atoms with Crippen LogP contribution in [0.25, 0.3) is 0 Å². The van der Waals surface area contributed by atoms with Gasteiger partial charge in [-0.3, -0.25) is 4.79 Å². The molecule has 132 valence electrons. The van der Waals surface area contributed by atoms with Gasteiger partial charge in [-0.15, -0.1) is 24.8 Å². The first-order chi connectivity index (χ1) is 9.49. The molecular weight excluding hydrogens is 321 g/mol. The fraction of sp³-hybridized carbons (Fsp3) is 0.938. The number of hydrogen-bond acceptors (Lipinski definition) is 3. The van der Waals surface area contributed by atoms with Crippen LogP contribution in [-0.4, -0.2) is 43.0 Å². The third-order valence-corrected chi connectivity index (χ3v) is 5.43. The van der Waals surface area contributed by atoms with Crippen molar-refractivity contribution in [2.75, 3.05) is 20.1 Å². The Hall–Kier alpha value is -0.0300. The zero-order chi connectivity index (χ0) is 14.7. The van der Waals surface area contributed by atoms with Crippen LogP contribution in [0.5, 0.6) is 0 Å². The number of carbonyl (C=O) groups excluding carboxylic acids is 1. The Bertz CT molecular complexity index is 327. The summed E-state index contributed by atoms with van der Waals surface area (Å²) in [5, 5.41) is 3.12. The molecule has 2 aliphatic rings. The van der Waals surface area contributed by atoms with E-state index in [0.717, 1.165) is 25.9 Å². The van der Waals surface area contributed by atoms with Gasteiger partial charge in [-0.1, -0.05) is 6.42 Å². The quantitative estimate of drug-likeness (QED) is 0.797. The number of nitrogens with zero attached hydrogens (tertiary/aromatic N) is 1. The number of rotatable bonds is 5. The molecule has 4 nitrogen and oxygen atoms in total. The summed E-state index contributed by atoms with van der Waals surface area (Å²) in [5.41, 5.74) is 6.28. The second-order valence-electron chi connectivity index (χ2n) is 7.06. The van der Waals surface area contributed by atoms with E-state index in [1.807, 2.05) is 0 Å². The van der Waals surface area contributed by atoms with Crippen molar-refractivity contribution in [2.45, 2.75) is 58.0 Å². The number of nitrogens with one attached hydrogen (secondary N) is 1. The van der Waals surface area contributed by atoms with Crippen molar-refractivity contribution in [3.63, 3.8) is 0 Å². The lowest BCUT2D eigenvalue weighted by molar-refractivity contribution is -0.127. The lowest BCUT2D eigenvalue weighted by atomic mass is 9.65. The summed E-state index contributed by atoms with van der Waals surface area (Å²) in [6.07, 6.45) is 5.75. The molecule has 2 unspecified atom stereocenters. The van der Waals surface area contributed by atoms with E-state index in [0.29, 0.717) is 23.9 Å². The number of likely N-dealkylation sites (N-methyl/N-ethyl adjacent to an activating group) is 1. The molecule has 2 aliphatic carbocycles. The molecular formula is C16H33Cl2N3O. The van der Waals surface area contributed by atoms with Crippen LogP contribution < -0.4 is 11.1 Å². The first-order valence-electron chi connectivity index (χ1n) is 8.22. The van der Waals surface area contributed by atoms with E-state index in [9.17, 15) is 4.79 Å². The molecule has 0 saturated heterocycles. The van der Waals surface area contributed by atoms with Gasteiger partial charge >= 0.3 is 0 Å². The average Bonchev–Trinajstić information content (AvgIpc) is 2.37. The molecule has 0 aromatic carbocycles. The van der Waals surface area contributed by atoms with E-state index in [1.54, 1.807) is 0 Å². The maximum Gasteiger partial charge on any atom is 0.223 e. The number of fused-ring (bicyclic) bond motifs is 2. The van der Waals surface area contributed by atoms with Gasteiger partial charge in [0, 0.05) is 31.1 Å². The topological polar surface area (TPSA) is 58.4 Å². The Morgan fingerprint density at radius 3 is 2.27 bits per heavy atom. The van der Waals surface area contributed by atoms with Crippen molar-refractivity contribution in [1.29, 1.82) is 0 Å². The van der Waals surface area contributed by atoms with Gasteiger partial charge in [-0.2, -0.15) is 0 Å². The Balaban J connectivity index is 0.00000220. The highest BCUT2D eigenvalue weighted by Crippen LogP contribution is 2.41. The molecule has 0 radical (unpaired) electrons. The molecule has 0 aliphatic heterocycles. The van der Waals surface area contributed by atoms with Gasteiger partial charge in [0.05, 0.1) is 0 Å². The number of hydrogen-bond donors (Lipinski definition) is 2. The summed E-state index contributed by atoms with van der Waals surface area (Å²) in [6.45, 7) is 6.02. The van der Waals surface area contributed by atoms with Gasteiger partial charge in [0.1, 0.15) is 0 Å². The van der Waals surface area contributed by atoms with Gasteiger partial charge in [-0.05, 0) is 58.4 Å². The molecule has 6 heteroatoms. The van der Waals surface area contributed by atoms with Crippen molar-refractivity contribution in [3.8, 4) is 0 Å². The van der Waals surface area contributed by atoms with Crippen LogP contribution >= 0.6 is 24.8 Å². The van der Waals surface area contributed by atoms with Crippen LogP contribution in [0.15, 0.2) is 0 Å². The van der Waals surface area contributed by atoms with Gasteiger partial charge < -0.3 is 16.0 Å². The summed E-state index contributed by atoms with van der Waals surface area (Å²) in [6, 6.07) is 0.874. The normalized spacial score (nSPS) is 30.5. The van der Waals surface area contributed by atoms with Crippen LogP contribution in [0, 0.1) is 17.8 Å². The van der Waals surface area contributed by atoms with Crippen molar-refractivity contribution in [3.05, 3.63) is 0 Å². The van der Waals surface area contributed by atoms with Crippen LogP contribution in [0.4, 0.5) is 0 Å². The summed E-state index contributed by atoms with van der Waals surface area (Å²) >= 11 is 0. The second kappa shape index (κ2) is 9.96. The Kier molecular flexibility index (Phi) is 9.95. The fourth-order valence-electron chi connectivity index (χ4n) is 3.76. The van der Waals surface area contributed by atoms with E-state index in [4.69, 9.17) is 5.73 Å². The summed E-state index contributed by atoms with van der Waals surface area (Å²) < 4.78 is 0. The summed E-state index contributed by atoms with van der Waals surface area (Å²) in [7, 11) is 2.10. The SMILES string of the molecule is CC(C)N(C)CCNC(=O)C1CC2CCCC(C1)C2N.Cl.Cl. The molecule has 3 N–H and O–H groups in total. The Morgan fingerprint density at radius 1 is 1.23 bits per heavy atom. The standard InChI is InChI=1S/C16H31N3O.2ClH/c1-11(2)19(3)8-7-18-16(20)14-9-12-5-4-6-13(10-14)15(12)17;;/h11-15H,4-10,17H2,1-3H3,(H,18,20);2*1H. The van der Waals surface area contributed by atoms with E-state index < -0.39 is 0 Å². The van der Waals surface area contributed by atoms with Gasteiger partial charge in [0.15, 0.2) is 0 Å². The third-order valence-electron chi connectivity index (χ3n) is 5.43. The number of carbonyl (C=O) groups is 1. The van der Waals surface area contributed by atoms with E-state index in [-0.39, 0.29) is 36.6 Å². The zero-order valence-electron chi connectivity index (χ0n) is 14.1. The lowest BCUT2D eigenvalue weighted by Crippen LogP contribution is -2.49. The first-order valence-corrected chi connectivity index (χ1v) is 8.22. The molecule has 2 atom stereocenters.